The lowest BCUT2D eigenvalue weighted by atomic mass is 10.2. The molecule has 0 bridgehead atoms. The normalized spacial score (nSPS) is 10.9. The molecule has 1 N–H and O–H groups in total. The largest absolute Gasteiger partial charge is 0.348 e. The lowest BCUT2D eigenvalue weighted by molar-refractivity contribution is 0.0951. The van der Waals surface area contributed by atoms with Crippen LogP contribution in [-0.2, 0) is 6.54 Å². The Kier molecular flexibility index (Phi) is 4.33. The van der Waals surface area contributed by atoms with Crippen LogP contribution in [0.4, 0.5) is 8.78 Å². The Morgan fingerprint density at radius 1 is 0.963 bits per heavy atom. The van der Waals surface area contributed by atoms with Crippen LogP contribution in [0.15, 0.2) is 66.9 Å². The molecule has 0 spiro atoms. The number of carbonyl (C=O) groups is 1. The fourth-order valence-electron chi connectivity index (χ4n) is 2.80. The summed E-state index contributed by atoms with van der Waals surface area (Å²) in [7, 11) is 0. The molecule has 27 heavy (non-hydrogen) atoms. The summed E-state index contributed by atoms with van der Waals surface area (Å²) in [5, 5.41) is 10.9. The number of hydrogen-bond acceptors (Lipinski definition) is 3. The van der Waals surface area contributed by atoms with Gasteiger partial charge < -0.3 is 5.32 Å². The van der Waals surface area contributed by atoms with Crippen molar-refractivity contribution in [2.45, 2.75) is 6.54 Å². The molecular formula is C20H14F2N4O. The van der Waals surface area contributed by atoms with Gasteiger partial charge in [0.15, 0.2) is 11.5 Å². The summed E-state index contributed by atoms with van der Waals surface area (Å²) in [6.45, 7) is 0.0610. The second kappa shape index (κ2) is 6.95. The fourth-order valence-corrected chi connectivity index (χ4v) is 2.80. The maximum absolute atomic E-state index is 13.7. The van der Waals surface area contributed by atoms with E-state index in [4.69, 9.17) is 0 Å². The van der Waals surface area contributed by atoms with E-state index >= 15 is 0 Å². The van der Waals surface area contributed by atoms with Gasteiger partial charge in [-0.2, -0.15) is 0 Å². The minimum Gasteiger partial charge on any atom is -0.348 e. The molecule has 2 heterocycles. The van der Waals surface area contributed by atoms with E-state index in [2.05, 4.69) is 15.5 Å². The van der Waals surface area contributed by atoms with Crippen LogP contribution < -0.4 is 5.32 Å². The Hall–Kier alpha value is -3.61. The van der Waals surface area contributed by atoms with Crippen LogP contribution in [0.25, 0.3) is 17.0 Å². The van der Waals surface area contributed by atoms with Gasteiger partial charge in [-0.25, -0.2) is 8.78 Å². The lowest BCUT2D eigenvalue weighted by Crippen LogP contribution is -2.24. The molecule has 4 aromatic rings. The van der Waals surface area contributed by atoms with Crippen molar-refractivity contribution in [3.8, 4) is 11.4 Å². The number of hydrogen-bond donors (Lipinski definition) is 1. The van der Waals surface area contributed by atoms with E-state index in [0.29, 0.717) is 28.2 Å². The summed E-state index contributed by atoms with van der Waals surface area (Å²) in [6.07, 6.45) is 1.72. The second-order valence-electron chi connectivity index (χ2n) is 5.92. The molecule has 4 rings (SSSR count). The number of benzene rings is 2. The average molecular weight is 364 g/mol. The molecule has 2 aromatic heterocycles. The monoisotopic (exact) mass is 364 g/mol. The Labute approximate surface area is 153 Å². The van der Waals surface area contributed by atoms with Gasteiger partial charge in [0, 0.05) is 23.9 Å². The fraction of sp³-hybridized carbons (Fsp3) is 0.0500. The SMILES string of the molecule is O=C(NCc1ccccc1F)c1cccn2c(-c3ccc(F)cc3)nnc12. The number of halogens is 2. The van der Waals surface area contributed by atoms with Crippen LogP contribution in [0.5, 0.6) is 0 Å². The Bertz CT molecular complexity index is 1120. The van der Waals surface area contributed by atoms with Gasteiger partial charge in [0.2, 0.25) is 0 Å². The van der Waals surface area contributed by atoms with Crippen LogP contribution >= 0.6 is 0 Å². The van der Waals surface area contributed by atoms with Gasteiger partial charge in [0.05, 0.1) is 5.56 Å². The number of fused-ring (bicyclic) bond motifs is 1. The quantitative estimate of drug-likeness (QED) is 0.602. The first-order valence-electron chi connectivity index (χ1n) is 8.25. The first kappa shape index (κ1) is 16.8. The summed E-state index contributed by atoms with van der Waals surface area (Å²) in [5.41, 5.74) is 1.75. The second-order valence-corrected chi connectivity index (χ2v) is 5.92. The van der Waals surface area contributed by atoms with Crippen molar-refractivity contribution in [3.63, 3.8) is 0 Å². The molecule has 0 fully saturated rings. The lowest BCUT2D eigenvalue weighted by Gasteiger charge is -2.07. The van der Waals surface area contributed by atoms with Crippen molar-refractivity contribution in [1.29, 1.82) is 0 Å². The molecule has 2 aromatic carbocycles. The molecule has 0 atom stereocenters. The molecular weight excluding hydrogens is 350 g/mol. The van der Waals surface area contributed by atoms with Crippen molar-refractivity contribution < 1.29 is 13.6 Å². The van der Waals surface area contributed by atoms with Crippen LogP contribution in [0, 0.1) is 11.6 Å². The van der Waals surface area contributed by atoms with E-state index in [9.17, 15) is 13.6 Å². The summed E-state index contributed by atoms with van der Waals surface area (Å²) in [6, 6.07) is 15.4. The van der Waals surface area contributed by atoms with E-state index in [0.717, 1.165) is 0 Å². The van der Waals surface area contributed by atoms with Crippen LogP contribution in [0.3, 0.4) is 0 Å². The van der Waals surface area contributed by atoms with E-state index in [1.54, 1.807) is 53.1 Å². The number of nitrogens with zero attached hydrogens (tertiary/aromatic N) is 3. The maximum atomic E-state index is 13.7. The summed E-state index contributed by atoms with van der Waals surface area (Å²) in [4.78, 5) is 12.6. The van der Waals surface area contributed by atoms with E-state index in [1.165, 1.54) is 18.2 Å². The molecule has 0 aliphatic carbocycles. The van der Waals surface area contributed by atoms with E-state index < -0.39 is 0 Å². The highest BCUT2D eigenvalue weighted by Crippen LogP contribution is 2.20. The number of pyridine rings is 1. The number of carbonyl (C=O) groups excluding carboxylic acids is 1. The number of rotatable bonds is 4. The summed E-state index contributed by atoms with van der Waals surface area (Å²) >= 11 is 0. The first-order valence-corrected chi connectivity index (χ1v) is 8.25. The molecule has 0 saturated carbocycles. The smallest absolute Gasteiger partial charge is 0.255 e. The third-order valence-corrected chi connectivity index (χ3v) is 4.18. The molecule has 0 unspecified atom stereocenters. The molecule has 0 saturated heterocycles. The molecule has 0 aliphatic heterocycles. The number of amides is 1. The minimum absolute atomic E-state index is 0.0610. The van der Waals surface area contributed by atoms with Gasteiger partial charge in [-0.1, -0.05) is 18.2 Å². The van der Waals surface area contributed by atoms with Crippen LogP contribution in [0.1, 0.15) is 15.9 Å². The third kappa shape index (κ3) is 3.27. The zero-order valence-electron chi connectivity index (χ0n) is 14.1. The van der Waals surface area contributed by atoms with Crippen molar-refractivity contribution in [2.75, 3.05) is 0 Å². The highest BCUT2D eigenvalue weighted by molar-refractivity contribution is 5.99. The molecule has 0 aliphatic rings. The Morgan fingerprint density at radius 2 is 1.74 bits per heavy atom. The van der Waals surface area contributed by atoms with Gasteiger partial charge in [-0.15, -0.1) is 10.2 Å². The Morgan fingerprint density at radius 3 is 2.52 bits per heavy atom. The predicted molar refractivity (Wildman–Crippen MR) is 96.0 cm³/mol. The zero-order chi connectivity index (χ0) is 18.8. The van der Waals surface area contributed by atoms with Gasteiger partial charge in [0.1, 0.15) is 11.6 Å². The molecule has 0 radical (unpaired) electrons. The molecule has 5 nitrogen and oxygen atoms in total. The van der Waals surface area contributed by atoms with E-state index in [-0.39, 0.29) is 24.1 Å². The highest BCUT2D eigenvalue weighted by Gasteiger charge is 2.16. The number of aromatic nitrogens is 3. The van der Waals surface area contributed by atoms with Crippen LogP contribution in [0.2, 0.25) is 0 Å². The topological polar surface area (TPSA) is 59.3 Å². The molecule has 134 valence electrons. The minimum atomic E-state index is -0.387. The van der Waals surface area contributed by atoms with E-state index in [1.807, 2.05) is 0 Å². The first-order chi connectivity index (χ1) is 13.1. The van der Waals surface area contributed by atoms with Gasteiger partial charge in [-0.3, -0.25) is 9.20 Å². The molecule has 1 amide bonds. The maximum Gasteiger partial charge on any atom is 0.255 e. The number of nitrogens with one attached hydrogen (secondary N) is 1. The van der Waals surface area contributed by atoms with Crippen LogP contribution in [-0.4, -0.2) is 20.5 Å². The van der Waals surface area contributed by atoms with Gasteiger partial charge >= 0.3 is 0 Å². The van der Waals surface area contributed by atoms with Crippen molar-refractivity contribution in [2.24, 2.45) is 0 Å². The van der Waals surface area contributed by atoms with Gasteiger partial charge in [-0.05, 0) is 42.5 Å². The summed E-state index contributed by atoms with van der Waals surface area (Å²) < 4.78 is 28.5. The average Bonchev–Trinajstić information content (AvgIpc) is 3.12. The Balaban J connectivity index is 1.63. The summed E-state index contributed by atoms with van der Waals surface area (Å²) in [5.74, 6) is -0.617. The standard InChI is InChI=1S/C20H14F2N4O/c21-15-9-7-13(8-10-15)18-24-25-19-16(5-3-11-26(18)19)20(27)23-12-14-4-1-2-6-17(14)22/h1-11H,12H2,(H,23,27). The molecule has 7 heteroatoms. The van der Waals surface area contributed by atoms with Gasteiger partial charge in [0.25, 0.3) is 5.91 Å². The van der Waals surface area contributed by atoms with Crippen molar-refractivity contribution >= 4 is 11.6 Å². The predicted octanol–water partition coefficient (Wildman–Crippen LogP) is 3.60. The zero-order valence-corrected chi connectivity index (χ0v) is 14.1. The highest BCUT2D eigenvalue weighted by atomic mass is 19.1. The van der Waals surface area contributed by atoms with Crippen molar-refractivity contribution in [3.05, 3.63) is 89.6 Å². The van der Waals surface area contributed by atoms with Crippen molar-refractivity contribution in [1.82, 2.24) is 19.9 Å². The third-order valence-electron chi connectivity index (χ3n) is 4.18.